The molecule has 126 valence electrons. The smallest absolute Gasteiger partial charge is 0.314 e. The molecule has 0 aliphatic carbocycles. The Morgan fingerprint density at radius 2 is 1.62 bits per heavy atom. The van der Waals surface area contributed by atoms with Crippen LogP contribution in [0.3, 0.4) is 0 Å². The minimum atomic E-state index is -0.811. The highest BCUT2D eigenvalue weighted by Gasteiger charge is 2.16. The number of amides is 2. The molecule has 0 saturated heterocycles. The molecule has 0 fully saturated rings. The third-order valence-electron chi connectivity index (χ3n) is 3.44. The van der Waals surface area contributed by atoms with E-state index in [2.05, 4.69) is 17.6 Å². The molecule has 6 heteroatoms. The predicted octanol–water partition coefficient (Wildman–Crippen LogP) is 4.91. The molecule has 24 heavy (non-hydrogen) atoms. The van der Waals surface area contributed by atoms with E-state index in [4.69, 9.17) is 23.2 Å². The van der Waals surface area contributed by atoms with Gasteiger partial charge in [0, 0.05) is 5.69 Å². The molecule has 0 aromatic heterocycles. The number of halogens is 2. The second-order valence-electron chi connectivity index (χ2n) is 5.31. The number of hydrogen-bond acceptors (Lipinski definition) is 2. The Hall–Kier alpha value is -2.04. The van der Waals surface area contributed by atoms with Gasteiger partial charge in [-0.15, -0.1) is 0 Å². The van der Waals surface area contributed by atoms with Crippen LogP contribution in [0.1, 0.15) is 25.3 Å². The van der Waals surface area contributed by atoms with Gasteiger partial charge in [0.25, 0.3) is 0 Å². The lowest BCUT2D eigenvalue weighted by molar-refractivity contribution is -0.132. The minimum absolute atomic E-state index is 0.195. The lowest BCUT2D eigenvalue weighted by Gasteiger charge is -2.09. The van der Waals surface area contributed by atoms with E-state index in [9.17, 15) is 9.59 Å². The van der Waals surface area contributed by atoms with E-state index in [-0.39, 0.29) is 5.02 Å². The number of carbonyl (C=O) groups is 2. The summed E-state index contributed by atoms with van der Waals surface area (Å²) in [5, 5.41) is 5.49. The van der Waals surface area contributed by atoms with Gasteiger partial charge in [0.15, 0.2) is 0 Å². The van der Waals surface area contributed by atoms with Gasteiger partial charge in [-0.25, -0.2) is 0 Å². The molecule has 2 aromatic rings. The van der Waals surface area contributed by atoms with Gasteiger partial charge in [-0.05, 0) is 42.7 Å². The third-order valence-corrected chi connectivity index (χ3v) is 4.26. The van der Waals surface area contributed by atoms with Gasteiger partial charge in [0.05, 0.1) is 15.7 Å². The SMILES string of the molecule is CCCCc1ccc(NC(=O)C(=O)Nc2cccc(Cl)c2Cl)cc1. The van der Waals surface area contributed by atoms with Crippen LogP contribution in [0.5, 0.6) is 0 Å². The fourth-order valence-electron chi connectivity index (χ4n) is 2.10. The van der Waals surface area contributed by atoms with Crippen LogP contribution in [0, 0.1) is 0 Å². The maximum absolute atomic E-state index is 12.0. The van der Waals surface area contributed by atoms with Gasteiger partial charge in [-0.1, -0.05) is 54.7 Å². The van der Waals surface area contributed by atoms with Gasteiger partial charge < -0.3 is 10.6 Å². The van der Waals surface area contributed by atoms with Gasteiger partial charge in [0.2, 0.25) is 0 Å². The first-order chi connectivity index (χ1) is 11.5. The molecular formula is C18H18Cl2N2O2. The summed E-state index contributed by atoms with van der Waals surface area (Å²) in [5.41, 5.74) is 2.05. The summed E-state index contributed by atoms with van der Waals surface area (Å²) in [6.45, 7) is 2.14. The van der Waals surface area contributed by atoms with Crippen LogP contribution in [-0.4, -0.2) is 11.8 Å². The molecule has 0 atom stereocenters. The number of aryl methyl sites for hydroxylation is 1. The number of benzene rings is 2. The van der Waals surface area contributed by atoms with Crippen molar-refractivity contribution in [3.8, 4) is 0 Å². The Morgan fingerprint density at radius 3 is 2.29 bits per heavy atom. The predicted molar refractivity (Wildman–Crippen MR) is 98.8 cm³/mol. The maximum atomic E-state index is 12.0. The molecule has 2 aromatic carbocycles. The summed E-state index contributed by atoms with van der Waals surface area (Å²) in [5.74, 6) is -1.58. The summed E-state index contributed by atoms with van der Waals surface area (Å²) in [4.78, 5) is 23.9. The van der Waals surface area contributed by atoms with Crippen LogP contribution >= 0.6 is 23.2 Å². The van der Waals surface area contributed by atoms with Crippen molar-refractivity contribution >= 4 is 46.4 Å². The highest BCUT2D eigenvalue weighted by atomic mass is 35.5. The van der Waals surface area contributed by atoms with Crippen molar-refractivity contribution in [1.82, 2.24) is 0 Å². The first-order valence-corrected chi connectivity index (χ1v) is 8.42. The average Bonchev–Trinajstić information content (AvgIpc) is 2.58. The van der Waals surface area contributed by atoms with Crippen molar-refractivity contribution in [3.63, 3.8) is 0 Å². The van der Waals surface area contributed by atoms with Crippen LogP contribution < -0.4 is 10.6 Å². The number of unbranched alkanes of at least 4 members (excludes halogenated alkanes) is 1. The Balaban J connectivity index is 1.96. The van der Waals surface area contributed by atoms with Crippen molar-refractivity contribution in [3.05, 3.63) is 58.1 Å². The summed E-state index contributed by atoms with van der Waals surface area (Å²) in [6.07, 6.45) is 3.25. The summed E-state index contributed by atoms with van der Waals surface area (Å²) in [6, 6.07) is 12.2. The number of carbonyl (C=O) groups excluding carboxylic acids is 2. The average molecular weight is 365 g/mol. The Labute approximate surface area is 151 Å². The van der Waals surface area contributed by atoms with Crippen LogP contribution in [0.2, 0.25) is 10.0 Å². The van der Waals surface area contributed by atoms with Crippen LogP contribution in [0.25, 0.3) is 0 Å². The molecule has 0 spiro atoms. The molecule has 0 aliphatic heterocycles. The van der Waals surface area contributed by atoms with E-state index in [1.165, 1.54) is 5.56 Å². The van der Waals surface area contributed by atoms with E-state index >= 15 is 0 Å². The quantitative estimate of drug-likeness (QED) is 0.740. The molecule has 2 amide bonds. The van der Waals surface area contributed by atoms with Crippen molar-refractivity contribution in [2.24, 2.45) is 0 Å². The largest absolute Gasteiger partial charge is 0.318 e. The first kappa shape index (κ1) is 18.3. The van der Waals surface area contributed by atoms with Gasteiger partial charge in [-0.3, -0.25) is 9.59 Å². The number of anilines is 2. The molecule has 0 unspecified atom stereocenters. The summed E-state index contributed by atoms with van der Waals surface area (Å²) in [7, 11) is 0. The fraction of sp³-hybridized carbons (Fsp3) is 0.222. The zero-order valence-electron chi connectivity index (χ0n) is 13.2. The lowest BCUT2D eigenvalue weighted by Crippen LogP contribution is -2.29. The molecule has 2 rings (SSSR count). The number of nitrogens with one attached hydrogen (secondary N) is 2. The molecule has 2 N–H and O–H groups in total. The van der Waals surface area contributed by atoms with Crippen LogP contribution in [-0.2, 0) is 16.0 Å². The second kappa shape index (κ2) is 8.71. The van der Waals surface area contributed by atoms with Gasteiger partial charge >= 0.3 is 11.8 Å². The minimum Gasteiger partial charge on any atom is -0.318 e. The summed E-state index contributed by atoms with van der Waals surface area (Å²) >= 11 is 11.9. The highest BCUT2D eigenvalue weighted by Crippen LogP contribution is 2.29. The van der Waals surface area contributed by atoms with Crippen LogP contribution in [0.15, 0.2) is 42.5 Å². The van der Waals surface area contributed by atoms with Crippen molar-refractivity contribution in [2.45, 2.75) is 26.2 Å². The molecule has 0 saturated carbocycles. The standard InChI is InChI=1S/C18H18Cl2N2O2/c1-2-3-5-12-8-10-13(11-9-12)21-17(23)18(24)22-15-7-4-6-14(19)16(15)20/h4,6-11H,2-3,5H2,1H3,(H,21,23)(H,22,24). The Bertz CT molecular complexity index is 730. The van der Waals surface area contributed by atoms with Crippen LogP contribution in [0.4, 0.5) is 11.4 Å². The van der Waals surface area contributed by atoms with E-state index in [0.717, 1.165) is 19.3 Å². The zero-order valence-corrected chi connectivity index (χ0v) is 14.7. The van der Waals surface area contributed by atoms with E-state index in [1.54, 1.807) is 30.3 Å². The summed E-state index contributed by atoms with van der Waals surface area (Å²) < 4.78 is 0. The maximum Gasteiger partial charge on any atom is 0.314 e. The van der Waals surface area contributed by atoms with E-state index < -0.39 is 11.8 Å². The number of hydrogen-bond donors (Lipinski definition) is 2. The fourth-order valence-corrected chi connectivity index (χ4v) is 2.45. The first-order valence-electron chi connectivity index (χ1n) is 7.66. The topological polar surface area (TPSA) is 58.2 Å². The van der Waals surface area contributed by atoms with Gasteiger partial charge in [-0.2, -0.15) is 0 Å². The van der Waals surface area contributed by atoms with Crippen molar-refractivity contribution in [2.75, 3.05) is 10.6 Å². The van der Waals surface area contributed by atoms with Crippen molar-refractivity contribution in [1.29, 1.82) is 0 Å². The highest BCUT2D eigenvalue weighted by molar-refractivity contribution is 6.47. The molecule has 0 radical (unpaired) electrons. The van der Waals surface area contributed by atoms with Gasteiger partial charge in [0.1, 0.15) is 0 Å². The molecule has 4 nitrogen and oxygen atoms in total. The zero-order chi connectivity index (χ0) is 17.5. The molecule has 0 aliphatic rings. The molecular weight excluding hydrogens is 347 g/mol. The van der Waals surface area contributed by atoms with E-state index in [1.807, 2.05) is 12.1 Å². The normalized spacial score (nSPS) is 10.3. The van der Waals surface area contributed by atoms with Crippen molar-refractivity contribution < 1.29 is 9.59 Å². The number of rotatable bonds is 5. The molecule has 0 heterocycles. The monoisotopic (exact) mass is 364 g/mol. The Morgan fingerprint density at radius 1 is 0.958 bits per heavy atom. The lowest BCUT2D eigenvalue weighted by atomic mass is 10.1. The Kier molecular flexibility index (Phi) is 6.64. The molecule has 0 bridgehead atoms. The second-order valence-corrected chi connectivity index (χ2v) is 6.10. The third kappa shape index (κ3) is 4.98. The van der Waals surface area contributed by atoms with E-state index in [0.29, 0.717) is 16.4 Å².